The number of carbonyl (C=O) groups excluding carboxylic acids is 2. The summed E-state index contributed by atoms with van der Waals surface area (Å²) < 4.78 is 4.48. The van der Waals surface area contributed by atoms with Gasteiger partial charge in [-0.3, -0.25) is 9.59 Å². The van der Waals surface area contributed by atoms with Crippen molar-refractivity contribution in [2.24, 2.45) is 0 Å². The quantitative estimate of drug-likeness (QED) is 0.323. The first-order valence-corrected chi connectivity index (χ1v) is 2.64. The SMILES string of the molecule is CCOC(=O)CNC=O.[KH]. The molecule has 0 aromatic carbocycles. The number of nitrogens with one attached hydrogen (secondary N) is 1. The maximum atomic E-state index is 10.4. The number of hydrogen-bond acceptors (Lipinski definition) is 3. The van der Waals surface area contributed by atoms with Gasteiger partial charge in [-0.25, -0.2) is 0 Å². The van der Waals surface area contributed by atoms with Gasteiger partial charge in [0.2, 0.25) is 6.41 Å². The Bertz CT molecular complexity index is 107. The van der Waals surface area contributed by atoms with Crippen molar-refractivity contribution in [2.45, 2.75) is 6.92 Å². The van der Waals surface area contributed by atoms with E-state index in [-0.39, 0.29) is 57.9 Å². The number of carbonyl (C=O) groups is 2. The Morgan fingerprint density at radius 3 is 2.70 bits per heavy atom. The summed E-state index contributed by atoms with van der Waals surface area (Å²) in [6, 6.07) is 0. The number of esters is 1. The van der Waals surface area contributed by atoms with E-state index >= 15 is 0 Å². The van der Waals surface area contributed by atoms with Gasteiger partial charge in [0.05, 0.1) is 6.61 Å². The van der Waals surface area contributed by atoms with E-state index in [0.29, 0.717) is 13.0 Å². The van der Waals surface area contributed by atoms with Crippen LogP contribution in [0.3, 0.4) is 0 Å². The van der Waals surface area contributed by atoms with E-state index in [2.05, 4.69) is 10.1 Å². The van der Waals surface area contributed by atoms with Crippen molar-refractivity contribution in [1.82, 2.24) is 5.32 Å². The second-order valence-electron chi connectivity index (χ2n) is 1.30. The molecular formula is C5H10KNO3. The molecule has 10 heavy (non-hydrogen) atoms. The molecule has 1 N–H and O–H groups in total. The van der Waals surface area contributed by atoms with Crippen LogP contribution < -0.4 is 5.32 Å². The van der Waals surface area contributed by atoms with E-state index < -0.39 is 5.97 Å². The van der Waals surface area contributed by atoms with Crippen molar-refractivity contribution in [2.75, 3.05) is 13.2 Å². The topological polar surface area (TPSA) is 55.4 Å². The van der Waals surface area contributed by atoms with E-state index in [1.807, 2.05) is 0 Å². The van der Waals surface area contributed by atoms with Crippen molar-refractivity contribution in [3.8, 4) is 0 Å². The standard InChI is InChI=1S/C5H9NO3.K.H/c1-2-9-5(8)3-6-4-7;;/h4H,2-3H2,1H3,(H,6,7);;. The third-order valence-corrected chi connectivity index (χ3v) is 0.635. The Balaban J connectivity index is 0. The fraction of sp³-hybridized carbons (Fsp3) is 0.600. The van der Waals surface area contributed by atoms with Crippen LogP contribution in [0.1, 0.15) is 6.92 Å². The summed E-state index contributed by atoms with van der Waals surface area (Å²) in [5.74, 6) is -0.412. The van der Waals surface area contributed by atoms with Crippen LogP contribution in [0.15, 0.2) is 0 Å². The van der Waals surface area contributed by atoms with Crippen LogP contribution in [0, 0.1) is 0 Å². The monoisotopic (exact) mass is 171 g/mol. The van der Waals surface area contributed by atoms with E-state index in [4.69, 9.17) is 0 Å². The summed E-state index contributed by atoms with van der Waals surface area (Å²) in [4.78, 5) is 20.0. The number of hydrogen-bond donors (Lipinski definition) is 1. The average Bonchev–Trinajstić information content (AvgIpc) is 1.85. The van der Waals surface area contributed by atoms with Crippen LogP contribution in [-0.4, -0.2) is 76.9 Å². The second-order valence-corrected chi connectivity index (χ2v) is 1.30. The number of ether oxygens (including phenoxy) is 1. The van der Waals surface area contributed by atoms with Gasteiger partial charge in [0.15, 0.2) is 0 Å². The van der Waals surface area contributed by atoms with Gasteiger partial charge in [0.25, 0.3) is 0 Å². The Morgan fingerprint density at radius 2 is 2.30 bits per heavy atom. The average molecular weight is 171 g/mol. The van der Waals surface area contributed by atoms with E-state index in [1.165, 1.54) is 0 Å². The molecule has 1 amide bonds. The van der Waals surface area contributed by atoms with Crippen molar-refractivity contribution in [3.63, 3.8) is 0 Å². The van der Waals surface area contributed by atoms with Gasteiger partial charge >= 0.3 is 57.4 Å². The van der Waals surface area contributed by atoms with Crippen molar-refractivity contribution >= 4 is 63.8 Å². The predicted octanol–water partition coefficient (Wildman–Crippen LogP) is -1.35. The molecule has 0 atom stereocenters. The Kier molecular flexibility index (Phi) is 12.6. The summed E-state index contributed by atoms with van der Waals surface area (Å²) >= 11 is 0. The van der Waals surface area contributed by atoms with E-state index in [9.17, 15) is 9.59 Å². The van der Waals surface area contributed by atoms with Gasteiger partial charge in [-0.05, 0) is 6.92 Å². The van der Waals surface area contributed by atoms with Crippen LogP contribution in [0.25, 0.3) is 0 Å². The zero-order valence-electron chi connectivity index (χ0n) is 5.22. The van der Waals surface area contributed by atoms with Gasteiger partial charge < -0.3 is 10.1 Å². The van der Waals surface area contributed by atoms with Crippen LogP contribution in [0.4, 0.5) is 0 Å². The molecule has 0 radical (unpaired) electrons. The third kappa shape index (κ3) is 8.58. The minimum atomic E-state index is -0.412. The Labute approximate surface area is 102 Å². The van der Waals surface area contributed by atoms with Gasteiger partial charge in [0, 0.05) is 0 Å². The van der Waals surface area contributed by atoms with Crippen molar-refractivity contribution in [3.05, 3.63) is 0 Å². The third-order valence-electron chi connectivity index (χ3n) is 0.635. The zero-order valence-corrected chi connectivity index (χ0v) is 5.22. The van der Waals surface area contributed by atoms with E-state index in [1.54, 1.807) is 6.92 Å². The van der Waals surface area contributed by atoms with Crippen molar-refractivity contribution in [1.29, 1.82) is 0 Å². The molecule has 0 aromatic heterocycles. The van der Waals surface area contributed by atoms with Crippen LogP contribution >= 0.6 is 0 Å². The van der Waals surface area contributed by atoms with Gasteiger partial charge in [0.1, 0.15) is 6.54 Å². The van der Waals surface area contributed by atoms with Crippen LogP contribution in [0.5, 0.6) is 0 Å². The Morgan fingerprint density at radius 1 is 1.70 bits per heavy atom. The molecular weight excluding hydrogens is 161 g/mol. The molecule has 0 aromatic rings. The first-order valence-electron chi connectivity index (χ1n) is 2.64. The first kappa shape index (κ1) is 13.2. The van der Waals surface area contributed by atoms with E-state index in [0.717, 1.165) is 0 Å². The fourth-order valence-corrected chi connectivity index (χ4v) is 0.337. The molecule has 5 heteroatoms. The molecule has 0 fully saturated rings. The normalized spacial score (nSPS) is 7.30. The molecule has 0 unspecified atom stereocenters. The molecule has 0 aliphatic rings. The van der Waals surface area contributed by atoms with Crippen molar-refractivity contribution < 1.29 is 14.3 Å². The molecule has 0 rings (SSSR count). The molecule has 0 saturated heterocycles. The molecule has 4 nitrogen and oxygen atoms in total. The summed E-state index contributed by atoms with van der Waals surface area (Å²) in [5.41, 5.74) is 0. The summed E-state index contributed by atoms with van der Waals surface area (Å²) in [6.45, 7) is 2.01. The zero-order chi connectivity index (χ0) is 7.11. The van der Waals surface area contributed by atoms with Gasteiger partial charge in [-0.2, -0.15) is 0 Å². The summed E-state index contributed by atoms with van der Waals surface area (Å²) in [7, 11) is 0. The second kappa shape index (κ2) is 9.58. The van der Waals surface area contributed by atoms with Crippen LogP contribution in [0.2, 0.25) is 0 Å². The molecule has 0 heterocycles. The minimum absolute atomic E-state index is 0. The fourth-order valence-electron chi connectivity index (χ4n) is 0.337. The first-order chi connectivity index (χ1) is 4.31. The summed E-state index contributed by atoms with van der Waals surface area (Å²) in [6.07, 6.45) is 0.455. The van der Waals surface area contributed by atoms with Gasteiger partial charge in [-0.1, -0.05) is 0 Å². The maximum absolute atomic E-state index is 10.4. The molecule has 54 valence electrons. The molecule has 0 aliphatic carbocycles. The number of amides is 1. The molecule has 0 saturated carbocycles. The van der Waals surface area contributed by atoms with Gasteiger partial charge in [-0.15, -0.1) is 0 Å². The molecule has 0 aliphatic heterocycles. The molecule has 0 bridgehead atoms. The number of rotatable bonds is 4. The Hall–Kier alpha value is 0.576. The predicted molar refractivity (Wildman–Crippen MR) is 37.8 cm³/mol. The van der Waals surface area contributed by atoms with Crippen LogP contribution in [-0.2, 0) is 14.3 Å². The molecule has 0 spiro atoms. The summed E-state index contributed by atoms with van der Waals surface area (Å²) in [5, 5.41) is 2.18.